The molecule has 0 radical (unpaired) electrons. The van der Waals surface area contributed by atoms with Gasteiger partial charge in [-0.15, -0.1) is 0 Å². The number of rotatable bonds is 4. The number of aromatic nitrogens is 2. The molecule has 0 bridgehead atoms. The molecule has 0 fully saturated rings. The Labute approximate surface area is 107 Å². The summed E-state index contributed by atoms with van der Waals surface area (Å²) in [6, 6.07) is 1.47. The summed E-state index contributed by atoms with van der Waals surface area (Å²) < 4.78 is 28.4. The van der Waals surface area contributed by atoms with E-state index < -0.39 is 23.2 Å². The molecule has 5 nitrogen and oxygen atoms in total. The Hall–Kier alpha value is -2.44. The number of benzene rings is 1. The predicted molar refractivity (Wildman–Crippen MR) is 63.9 cm³/mol. The summed E-state index contributed by atoms with van der Waals surface area (Å²) in [7, 11) is 1.77. The lowest BCUT2D eigenvalue weighted by Gasteiger charge is -2.09. The first-order chi connectivity index (χ1) is 8.99. The van der Waals surface area contributed by atoms with Crippen LogP contribution in [0.15, 0.2) is 24.5 Å². The van der Waals surface area contributed by atoms with E-state index in [1.165, 1.54) is 0 Å². The van der Waals surface area contributed by atoms with Crippen LogP contribution in [0.2, 0.25) is 0 Å². The fourth-order valence-corrected chi connectivity index (χ4v) is 1.59. The molecule has 1 aromatic heterocycles. The molecule has 2 N–H and O–H groups in total. The number of imidazole rings is 1. The normalized spacial score (nSPS) is 10.5. The van der Waals surface area contributed by atoms with Crippen LogP contribution in [0.3, 0.4) is 0 Å². The fourth-order valence-electron chi connectivity index (χ4n) is 1.59. The van der Waals surface area contributed by atoms with Gasteiger partial charge >= 0.3 is 5.97 Å². The first-order valence-corrected chi connectivity index (χ1v) is 5.41. The molecule has 0 saturated carbocycles. The third-order valence-electron chi connectivity index (χ3n) is 2.65. The molecule has 1 aromatic carbocycles. The average molecular weight is 267 g/mol. The highest BCUT2D eigenvalue weighted by Gasteiger charge is 2.15. The van der Waals surface area contributed by atoms with Gasteiger partial charge in [0.05, 0.1) is 17.8 Å². The SMILES string of the molecule is Cn1ccnc1CNc1cc(C(=O)O)c(F)cc1F. The number of anilines is 1. The van der Waals surface area contributed by atoms with Crippen molar-refractivity contribution in [3.63, 3.8) is 0 Å². The maximum absolute atomic E-state index is 13.5. The number of aromatic carboxylic acids is 1. The minimum atomic E-state index is -1.45. The van der Waals surface area contributed by atoms with Crippen LogP contribution in [0.5, 0.6) is 0 Å². The third kappa shape index (κ3) is 2.70. The summed E-state index contributed by atoms with van der Waals surface area (Å²) in [5, 5.41) is 11.5. The standard InChI is InChI=1S/C12H11F2N3O2/c1-17-3-2-15-11(17)6-16-10-4-7(12(18)19)8(13)5-9(10)14/h2-5,16H,6H2,1H3,(H,18,19). The lowest BCUT2D eigenvalue weighted by molar-refractivity contribution is 0.0692. The van der Waals surface area contributed by atoms with E-state index in [0.29, 0.717) is 11.9 Å². The fraction of sp³-hybridized carbons (Fsp3) is 0.167. The number of carboxylic acid groups (broad SMARTS) is 1. The second-order valence-corrected chi connectivity index (χ2v) is 3.92. The van der Waals surface area contributed by atoms with Gasteiger partial charge in [0.2, 0.25) is 0 Å². The minimum Gasteiger partial charge on any atom is -0.478 e. The number of nitrogens with zero attached hydrogens (tertiary/aromatic N) is 2. The van der Waals surface area contributed by atoms with Crippen molar-refractivity contribution < 1.29 is 18.7 Å². The number of halogens is 2. The van der Waals surface area contributed by atoms with E-state index in [9.17, 15) is 13.6 Å². The van der Waals surface area contributed by atoms with Crippen LogP contribution in [0.25, 0.3) is 0 Å². The maximum atomic E-state index is 13.5. The number of hydrogen-bond donors (Lipinski definition) is 2. The third-order valence-corrected chi connectivity index (χ3v) is 2.65. The van der Waals surface area contributed by atoms with Crippen LogP contribution >= 0.6 is 0 Å². The Morgan fingerprint density at radius 1 is 1.42 bits per heavy atom. The zero-order valence-corrected chi connectivity index (χ0v) is 10.0. The zero-order valence-electron chi connectivity index (χ0n) is 10.0. The van der Waals surface area contributed by atoms with Crippen molar-refractivity contribution in [2.45, 2.75) is 6.54 Å². The Bertz CT molecular complexity index is 625. The molecule has 1 heterocycles. The summed E-state index contributed by atoms with van der Waals surface area (Å²) in [5.41, 5.74) is -0.662. The quantitative estimate of drug-likeness (QED) is 0.889. The van der Waals surface area contributed by atoms with Crippen LogP contribution in [-0.4, -0.2) is 20.6 Å². The van der Waals surface area contributed by atoms with Gasteiger partial charge in [0, 0.05) is 25.5 Å². The molecule has 100 valence electrons. The molecular weight excluding hydrogens is 256 g/mol. The van der Waals surface area contributed by atoms with E-state index in [1.54, 1.807) is 24.0 Å². The smallest absolute Gasteiger partial charge is 0.338 e. The molecule has 0 unspecified atom stereocenters. The van der Waals surface area contributed by atoms with Gasteiger partial charge in [0.15, 0.2) is 0 Å². The van der Waals surface area contributed by atoms with E-state index >= 15 is 0 Å². The van der Waals surface area contributed by atoms with Gasteiger partial charge in [0.25, 0.3) is 0 Å². The van der Waals surface area contributed by atoms with Gasteiger partial charge < -0.3 is 15.0 Å². The summed E-state index contributed by atoms with van der Waals surface area (Å²) in [6.07, 6.45) is 3.31. The largest absolute Gasteiger partial charge is 0.478 e. The number of carboxylic acids is 1. The lowest BCUT2D eigenvalue weighted by Crippen LogP contribution is -2.09. The summed E-state index contributed by atoms with van der Waals surface area (Å²) in [4.78, 5) is 14.8. The molecule has 2 rings (SSSR count). The van der Waals surface area contributed by atoms with Crippen LogP contribution in [0.1, 0.15) is 16.2 Å². The van der Waals surface area contributed by atoms with E-state index in [2.05, 4.69) is 10.3 Å². The van der Waals surface area contributed by atoms with Crippen molar-refractivity contribution in [2.75, 3.05) is 5.32 Å². The number of nitrogens with one attached hydrogen (secondary N) is 1. The second-order valence-electron chi connectivity index (χ2n) is 3.92. The molecular formula is C12H11F2N3O2. The van der Waals surface area contributed by atoms with Gasteiger partial charge in [-0.3, -0.25) is 0 Å². The van der Waals surface area contributed by atoms with Crippen molar-refractivity contribution in [1.82, 2.24) is 9.55 Å². The van der Waals surface area contributed by atoms with Gasteiger partial charge in [-0.2, -0.15) is 0 Å². The minimum absolute atomic E-state index is 0.0817. The van der Waals surface area contributed by atoms with Gasteiger partial charge in [-0.25, -0.2) is 18.6 Å². The second kappa shape index (κ2) is 5.05. The van der Waals surface area contributed by atoms with Crippen molar-refractivity contribution in [2.24, 2.45) is 7.05 Å². The molecule has 0 amide bonds. The molecule has 7 heteroatoms. The first kappa shape index (κ1) is 13.0. The van der Waals surface area contributed by atoms with Crippen molar-refractivity contribution in [3.05, 3.63) is 47.5 Å². The number of aryl methyl sites for hydroxylation is 1. The summed E-state index contributed by atoms with van der Waals surface area (Å²) >= 11 is 0. The molecule has 0 saturated heterocycles. The Balaban J connectivity index is 2.23. The molecule has 2 aromatic rings. The monoisotopic (exact) mass is 267 g/mol. The van der Waals surface area contributed by atoms with E-state index in [1.807, 2.05) is 0 Å². The highest BCUT2D eigenvalue weighted by atomic mass is 19.1. The number of hydrogen-bond acceptors (Lipinski definition) is 3. The summed E-state index contributed by atoms with van der Waals surface area (Å²) in [6.45, 7) is 0.200. The Morgan fingerprint density at radius 3 is 2.74 bits per heavy atom. The Morgan fingerprint density at radius 2 is 2.16 bits per heavy atom. The van der Waals surface area contributed by atoms with Gasteiger partial charge in [0.1, 0.15) is 17.5 Å². The topological polar surface area (TPSA) is 67.2 Å². The van der Waals surface area contributed by atoms with Crippen LogP contribution in [0.4, 0.5) is 14.5 Å². The van der Waals surface area contributed by atoms with E-state index in [-0.39, 0.29) is 12.2 Å². The highest BCUT2D eigenvalue weighted by molar-refractivity contribution is 5.89. The van der Waals surface area contributed by atoms with Gasteiger partial charge in [-0.05, 0) is 6.07 Å². The van der Waals surface area contributed by atoms with Crippen molar-refractivity contribution >= 4 is 11.7 Å². The van der Waals surface area contributed by atoms with Crippen molar-refractivity contribution in [3.8, 4) is 0 Å². The Kier molecular flexibility index (Phi) is 3.46. The maximum Gasteiger partial charge on any atom is 0.338 e. The molecule has 0 aliphatic rings. The lowest BCUT2D eigenvalue weighted by atomic mass is 10.2. The zero-order chi connectivity index (χ0) is 14.0. The van der Waals surface area contributed by atoms with Crippen LogP contribution in [0, 0.1) is 11.6 Å². The number of carbonyl (C=O) groups is 1. The van der Waals surface area contributed by atoms with Gasteiger partial charge in [-0.1, -0.05) is 0 Å². The van der Waals surface area contributed by atoms with Crippen LogP contribution in [-0.2, 0) is 13.6 Å². The van der Waals surface area contributed by atoms with E-state index in [0.717, 1.165) is 6.07 Å². The molecule has 0 aliphatic carbocycles. The molecule has 0 atom stereocenters. The highest BCUT2D eigenvalue weighted by Crippen LogP contribution is 2.20. The molecule has 19 heavy (non-hydrogen) atoms. The molecule has 0 aliphatic heterocycles. The first-order valence-electron chi connectivity index (χ1n) is 5.41. The van der Waals surface area contributed by atoms with Crippen LogP contribution < -0.4 is 5.32 Å². The van der Waals surface area contributed by atoms with Crippen molar-refractivity contribution in [1.29, 1.82) is 0 Å². The van der Waals surface area contributed by atoms with E-state index in [4.69, 9.17) is 5.11 Å². The summed E-state index contributed by atoms with van der Waals surface area (Å²) in [5.74, 6) is -2.76. The average Bonchev–Trinajstić information content (AvgIpc) is 2.73. The predicted octanol–water partition coefficient (Wildman–Crippen LogP) is 2.01. The molecule has 0 spiro atoms.